The summed E-state index contributed by atoms with van der Waals surface area (Å²) in [4.78, 5) is 11.8. The highest BCUT2D eigenvalue weighted by molar-refractivity contribution is 7.89. The first-order valence-electron chi connectivity index (χ1n) is 5.73. The van der Waals surface area contributed by atoms with Gasteiger partial charge in [0.25, 0.3) is 5.91 Å². The Bertz CT molecular complexity index is 573. The third-order valence-electron chi connectivity index (χ3n) is 2.61. The van der Waals surface area contributed by atoms with Crippen LogP contribution in [0.15, 0.2) is 24.3 Å². The van der Waals surface area contributed by atoms with Gasteiger partial charge in [0.1, 0.15) is 5.75 Å². The van der Waals surface area contributed by atoms with E-state index < -0.39 is 16.1 Å². The molecule has 0 aliphatic carbocycles. The number of carbonyl (C=O) groups excluding carboxylic acids is 1. The van der Waals surface area contributed by atoms with Crippen LogP contribution in [0.4, 0.5) is 5.69 Å². The normalized spacial score (nSPS) is 17.8. The summed E-state index contributed by atoms with van der Waals surface area (Å²) in [6.45, 7) is 0.303. The van der Waals surface area contributed by atoms with Crippen molar-refractivity contribution in [2.24, 2.45) is 5.14 Å². The molecule has 104 valence electrons. The van der Waals surface area contributed by atoms with Crippen LogP contribution in [0.25, 0.3) is 0 Å². The number of anilines is 1. The van der Waals surface area contributed by atoms with Gasteiger partial charge in [-0.05, 0) is 12.1 Å². The van der Waals surface area contributed by atoms with E-state index in [0.29, 0.717) is 12.3 Å². The van der Waals surface area contributed by atoms with Crippen LogP contribution in [-0.2, 0) is 14.8 Å². The van der Waals surface area contributed by atoms with E-state index in [1.165, 1.54) is 0 Å². The second-order valence-electron chi connectivity index (χ2n) is 4.14. The van der Waals surface area contributed by atoms with E-state index in [2.05, 4.69) is 10.6 Å². The maximum absolute atomic E-state index is 11.8. The molecule has 1 aliphatic rings. The molecule has 0 aromatic heterocycles. The van der Waals surface area contributed by atoms with Crippen molar-refractivity contribution in [3.05, 3.63) is 24.3 Å². The molecule has 19 heavy (non-hydrogen) atoms. The van der Waals surface area contributed by atoms with Crippen LogP contribution in [0.1, 0.15) is 0 Å². The molecule has 0 saturated heterocycles. The van der Waals surface area contributed by atoms with Gasteiger partial charge in [-0.2, -0.15) is 0 Å². The second-order valence-corrected chi connectivity index (χ2v) is 5.88. The van der Waals surface area contributed by atoms with Crippen LogP contribution in [-0.4, -0.2) is 39.3 Å². The van der Waals surface area contributed by atoms with Crippen molar-refractivity contribution in [3.8, 4) is 5.75 Å². The number of ether oxygens (including phenoxy) is 1. The average Bonchev–Trinajstić information content (AvgIpc) is 2.36. The molecule has 8 heteroatoms. The van der Waals surface area contributed by atoms with Gasteiger partial charge in [-0.1, -0.05) is 12.1 Å². The second kappa shape index (κ2) is 5.45. The minimum Gasteiger partial charge on any atom is -0.477 e. The number of hydrogen-bond donors (Lipinski definition) is 3. The first-order valence-corrected chi connectivity index (χ1v) is 7.45. The molecule has 1 aromatic rings. The van der Waals surface area contributed by atoms with Crippen molar-refractivity contribution in [2.45, 2.75) is 6.10 Å². The molecule has 7 nitrogen and oxygen atoms in total. The zero-order valence-electron chi connectivity index (χ0n) is 10.1. The Morgan fingerprint density at radius 3 is 2.95 bits per heavy atom. The molecule has 1 aliphatic heterocycles. The van der Waals surface area contributed by atoms with Gasteiger partial charge in [0.15, 0.2) is 6.10 Å². The van der Waals surface area contributed by atoms with Gasteiger partial charge in [0.2, 0.25) is 10.0 Å². The molecular formula is C11H15N3O4S. The molecule has 0 fully saturated rings. The highest BCUT2D eigenvalue weighted by Gasteiger charge is 2.25. The maximum Gasteiger partial charge on any atom is 0.262 e. The number of primary sulfonamides is 1. The van der Waals surface area contributed by atoms with E-state index in [0.717, 1.165) is 5.69 Å². The number of sulfonamides is 1. The number of carbonyl (C=O) groups is 1. The Labute approximate surface area is 111 Å². The molecule has 0 spiro atoms. The first-order chi connectivity index (χ1) is 8.96. The monoisotopic (exact) mass is 285 g/mol. The van der Waals surface area contributed by atoms with E-state index in [1.54, 1.807) is 6.07 Å². The summed E-state index contributed by atoms with van der Waals surface area (Å²) < 4.78 is 27.0. The lowest BCUT2D eigenvalue weighted by molar-refractivity contribution is -0.127. The van der Waals surface area contributed by atoms with E-state index in [4.69, 9.17) is 9.88 Å². The number of nitrogens with one attached hydrogen (secondary N) is 2. The summed E-state index contributed by atoms with van der Waals surface area (Å²) in [6, 6.07) is 7.28. The van der Waals surface area contributed by atoms with Crippen LogP contribution in [0.5, 0.6) is 5.75 Å². The Balaban J connectivity index is 1.89. The minimum absolute atomic E-state index is 0.0286. The molecule has 0 saturated carbocycles. The van der Waals surface area contributed by atoms with Crippen LogP contribution in [0.3, 0.4) is 0 Å². The zero-order chi connectivity index (χ0) is 13.9. The summed E-state index contributed by atoms with van der Waals surface area (Å²) >= 11 is 0. The molecule has 1 heterocycles. The third kappa shape index (κ3) is 3.83. The largest absolute Gasteiger partial charge is 0.477 e. The molecule has 0 radical (unpaired) electrons. The highest BCUT2D eigenvalue weighted by Crippen LogP contribution is 2.27. The Hall–Kier alpha value is -1.80. The number of hydrogen-bond acceptors (Lipinski definition) is 5. The van der Waals surface area contributed by atoms with E-state index in [9.17, 15) is 13.2 Å². The minimum atomic E-state index is -3.57. The van der Waals surface area contributed by atoms with Crippen molar-refractivity contribution in [1.29, 1.82) is 0 Å². The maximum atomic E-state index is 11.8. The van der Waals surface area contributed by atoms with Gasteiger partial charge in [-0.25, -0.2) is 13.6 Å². The topological polar surface area (TPSA) is 111 Å². The van der Waals surface area contributed by atoms with Crippen molar-refractivity contribution < 1.29 is 17.9 Å². The summed E-state index contributed by atoms with van der Waals surface area (Å²) in [5.74, 6) is -0.0684. The lowest BCUT2D eigenvalue weighted by Gasteiger charge is -2.26. The van der Waals surface area contributed by atoms with Gasteiger partial charge >= 0.3 is 0 Å². The van der Waals surface area contributed by atoms with Gasteiger partial charge in [0, 0.05) is 6.54 Å². The van der Waals surface area contributed by atoms with Gasteiger partial charge in [0.05, 0.1) is 18.0 Å². The third-order valence-corrected chi connectivity index (χ3v) is 3.39. The molecular weight excluding hydrogens is 270 g/mol. The zero-order valence-corrected chi connectivity index (χ0v) is 10.9. The molecule has 0 bridgehead atoms. The van der Waals surface area contributed by atoms with Crippen molar-refractivity contribution in [1.82, 2.24) is 5.32 Å². The van der Waals surface area contributed by atoms with Crippen LogP contribution >= 0.6 is 0 Å². The number of fused-ring (bicyclic) bond motifs is 1. The van der Waals surface area contributed by atoms with Crippen molar-refractivity contribution in [3.63, 3.8) is 0 Å². The number of benzene rings is 1. The van der Waals surface area contributed by atoms with E-state index >= 15 is 0 Å². The Morgan fingerprint density at radius 2 is 2.21 bits per heavy atom. The predicted octanol–water partition coefficient (Wildman–Crippen LogP) is -0.736. The molecule has 1 atom stereocenters. The fourth-order valence-corrected chi connectivity index (χ4v) is 2.08. The standard InChI is InChI=1S/C11H15N3O4S/c12-19(16,17)6-5-13-11(15)10-7-14-8-3-1-2-4-9(8)18-10/h1-4,10,14H,5-7H2,(H,13,15)(H2,12,16,17). The Kier molecular flexibility index (Phi) is 3.91. The van der Waals surface area contributed by atoms with Crippen molar-refractivity contribution >= 4 is 21.6 Å². The van der Waals surface area contributed by atoms with E-state index in [-0.39, 0.29) is 18.2 Å². The quantitative estimate of drug-likeness (QED) is 0.675. The number of para-hydroxylation sites is 2. The molecule has 1 aromatic carbocycles. The Morgan fingerprint density at radius 1 is 1.47 bits per heavy atom. The number of nitrogens with two attached hydrogens (primary N) is 1. The van der Waals surface area contributed by atoms with Crippen LogP contribution < -0.4 is 20.5 Å². The summed E-state index contributed by atoms with van der Waals surface area (Å²) in [5.41, 5.74) is 0.830. The number of amides is 1. The van der Waals surface area contributed by atoms with Crippen molar-refractivity contribution in [2.75, 3.05) is 24.2 Å². The SMILES string of the molecule is NS(=O)(=O)CCNC(=O)C1CNc2ccccc2O1. The smallest absolute Gasteiger partial charge is 0.262 e. The predicted molar refractivity (Wildman–Crippen MR) is 70.3 cm³/mol. The fourth-order valence-electron chi connectivity index (χ4n) is 1.69. The first kappa shape index (κ1) is 13.6. The summed E-state index contributed by atoms with van der Waals surface area (Å²) in [6.07, 6.45) is -0.685. The summed E-state index contributed by atoms with van der Waals surface area (Å²) in [7, 11) is -3.57. The average molecular weight is 285 g/mol. The summed E-state index contributed by atoms with van der Waals surface area (Å²) in [5, 5.41) is 10.4. The van der Waals surface area contributed by atoms with Gasteiger partial charge in [-0.3, -0.25) is 4.79 Å². The van der Waals surface area contributed by atoms with Crippen LogP contribution in [0.2, 0.25) is 0 Å². The lowest BCUT2D eigenvalue weighted by atomic mass is 10.2. The molecule has 4 N–H and O–H groups in total. The van der Waals surface area contributed by atoms with Gasteiger partial charge < -0.3 is 15.4 Å². The van der Waals surface area contributed by atoms with E-state index in [1.807, 2.05) is 18.2 Å². The highest BCUT2D eigenvalue weighted by atomic mass is 32.2. The van der Waals surface area contributed by atoms with Gasteiger partial charge in [-0.15, -0.1) is 0 Å². The molecule has 2 rings (SSSR count). The van der Waals surface area contributed by atoms with Crippen LogP contribution in [0, 0.1) is 0 Å². The number of rotatable bonds is 4. The lowest BCUT2D eigenvalue weighted by Crippen LogP contribution is -2.46. The fraction of sp³-hybridized carbons (Fsp3) is 0.364. The molecule has 1 unspecified atom stereocenters. The molecule has 1 amide bonds.